The van der Waals surface area contributed by atoms with Crippen LogP contribution in [-0.4, -0.2) is 41.6 Å². The molecule has 9 heteroatoms. The van der Waals surface area contributed by atoms with Gasteiger partial charge in [0.2, 0.25) is 0 Å². The number of carbonyl (C=O) groups is 2. The lowest BCUT2D eigenvalue weighted by Gasteiger charge is -2.24. The fourth-order valence-electron chi connectivity index (χ4n) is 5.70. The monoisotopic (exact) mass is 598 g/mol. The summed E-state index contributed by atoms with van der Waals surface area (Å²) in [6, 6.07) is 15.6. The highest BCUT2D eigenvalue weighted by molar-refractivity contribution is 7.22. The zero-order valence-corrected chi connectivity index (χ0v) is 25.5. The van der Waals surface area contributed by atoms with Gasteiger partial charge in [-0.05, 0) is 79.4 Å². The molecule has 43 heavy (non-hydrogen) atoms. The highest BCUT2D eigenvalue weighted by Crippen LogP contribution is 2.46. The molecule has 1 fully saturated rings. The lowest BCUT2D eigenvalue weighted by atomic mass is 9.94. The van der Waals surface area contributed by atoms with Gasteiger partial charge in [0.1, 0.15) is 17.6 Å². The van der Waals surface area contributed by atoms with E-state index in [1.54, 1.807) is 31.4 Å². The van der Waals surface area contributed by atoms with E-state index in [1.165, 1.54) is 16.2 Å². The number of rotatable bonds is 9. The van der Waals surface area contributed by atoms with Crippen molar-refractivity contribution in [1.29, 1.82) is 0 Å². The SMILES string of the molecule is CCCCCOc1ccc([C@@H]2/C(=C(\O)c3ccc4c(c3)C[C@@H](C)O4)C(=O)C(=O)N2c2nc3ccc(C)cc3s2)cc1OC. The molecule has 1 amide bonds. The number of methoxy groups -OCH3 is 1. The first kappa shape index (κ1) is 28.7. The molecule has 0 radical (unpaired) electrons. The van der Waals surface area contributed by atoms with Crippen LogP contribution in [0.4, 0.5) is 5.13 Å². The number of benzene rings is 3. The van der Waals surface area contributed by atoms with E-state index < -0.39 is 17.7 Å². The van der Waals surface area contributed by atoms with Crippen LogP contribution in [0.3, 0.4) is 0 Å². The summed E-state index contributed by atoms with van der Waals surface area (Å²) < 4.78 is 18.4. The van der Waals surface area contributed by atoms with Crippen molar-refractivity contribution in [2.24, 2.45) is 0 Å². The summed E-state index contributed by atoms with van der Waals surface area (Å²) in [5.41, 5.74) is 3.76. The highest BCUT2D eigenvalue weighted by Gasteiger charge is 2.48. The molecular formula is C34H34N2O6S. The van der Waals surface area contributed by atoms with Gasteiger partial charge in [-0.1, -0.05) is 43.2 Å². The van der Waals surface area contributed by atoms with Gasteiger partial charge in [-0.3, -0.25) is 14.5 Å². The topological polar surface area (TPSA) is 98.2 Å². The number of nitrogens with zero attached hydrogens (tertiary/aromatic N) is 2. The number of aliphatic hydroxyl groups excluding tert-OH is 1. The third-order valence-electron chi connectivity index (χ3n) is 7.86. The van der Waals surface area contributed by atoms with Gasteiger partial charge in [-0.15, -0.1) is 0 Å². The Morgan fingerprint density at radius 1 is 1.09 bits per heavy atom. The fourth-order valence-corrected chi connectivity index (χ4v) is 6.79. The van der Waals surface area contributed by atoms with E-state index in [1.807, 2.05) is 44.2 Å². The molecule has 222 valence electrons. The summed E-state index contributed by atoms with van der Waals surface area (Å²) in [7, 11) is 1.55. The average molecular weight is 599 g/mol. The van der Waals surface area contributed by atoms with Crippen molar-refractivity contribution >= 4 is 44.1 Å². The van der Waals surface area contributed by atoms with Gasteiger partial charge in [0.05, 0.1) is 35.5 Å². The largest absolute Gasteiger partial charge is 0.507 e. The van der Waals surface area contributed by atoms with E-state index in [0.29, 0.717) is 40.8 Å². The smallest absolute Gasteiger partial charge is 0.301 e. The van der Waals surface area contributed by atoms with Gasteiger partial charge < -0.3 is 19.3 Å². The first-order valence-corrected chi connectivity index (χ1v) is 15.4. The van der Waals surface area contributed by atoms with Crippen molar-refractivity contribution in [2.75, 3.05) is 18.6 Å². The number of anilines is 1. The maximum absolute atomic E-state index is 13.8. The van der Waals surface area contributed by atoms with E-state index in [9.17, 15) is 14.7 Å². The third-order valence-corrected chi connectivity index (χ3v) is 8.88. The Morgan fingerprint density at radius 2 is 1.93 bits per heavy atom. The molecule has 1 N–H and O–H groups in total. The van der Waals surface area contributed by atoms with Crippen molar-refractivity contribution in [3.8, 4) is 17.2 Å². The Bertz CT molecular complexity index is 1760. The second kappa shape index (κ2) is 11.7. The van der Waals surface area contributed by atoms with Crippen molar-refractivity contribution < 1.29 is 28.9 Å². The molecule has 8 nitrogen and oxygen atoms in total. The Kier molecular flexibility index (Phi) is 7.83. The molecule has 0 aliphatic carbocycles. The Balaban J connectivity index is 1.48. The average Bonchev–Trinajstić information content (AvgIpc) is 3.66. The van der Waals surface area contributed by atoms with Crippen LogP contribution in [0.1, 0.15) is 61.4 Å². The van der Waals surface area contributed by atoms with Gasteiger partial charge in [0.25, 0.3) is 5.78 Å². The van der Waals surface area contributed by atoms with E-state index in [-0.39, 0.29) is 17.4 Å². The molecule has 6 rings (SSSR count). The van der Waals surface area contributed by atoms with Crippen molar-refractivity contribution in [3.63, 3.8) is 0 Å². The molecule has 3 aromatic carbocycles. The maximum Gasteiger partial charge on any atom is 0.301 e. The number of Topliss-reactive ketones (excluding diaryl/α,β-unsaturated/α-hetero) is 1. The Morgan fingerprint density at radius 3 is 2.72 bits per heavy atom. The minimum Gasteiger partial charge on any atom is -0.507 e. The molecule has 3 heterocycles. The normalized spacial score (nSPS) is 19.1. The first-order chi connectivity index (χ1) is 20.8. The van der Waals surface area contributed by atoms with Gasteiger partial charge in [-0.2, -0.15) is 0 Å². The highest BCUT2D eigenvalue weighted by atomic mass is 32.1. The molecule has 1 aromatic heterocycles. The molecule has 4 aromatic rings. The number of fused-ring (bicyclic) bond motifs is 2. The second-order valence-electron chi connectivity index (χ2n) is 11.1. The third kappa shape index (κ3) is 5.33. The number of thiazole rings is 1. The minimum atomic E-state index is -0.937. The summed E-state index contributed by atoms with van der Waals surface area (Å²) in [6.07, 6.45) is 3.78. The van der Waals surface area contributed by atoms with Crippen molar-refractivity contribution in [1.82, 2.24) is 4.98 Å². The summed E-state index contributed by atoms with van der Waals surface area (Å²) >= 11 is 1.33. The Hall–Kier alpha value is -4.37. The molecule has 0 bridgehead atoms. The molecule has 2 aliphatic heterocycles. The number of carbonyl (C=O) groups excluding carboxylic acids is 2. The first-order valence-electron chi connectivity index (χ1n) is 14.6. The van der Waals surface area contributed by atoms with Crippen LogP contribution in [0.2, 0.25) is 0 Å². The van der Waals surface area contributed by atoms with Crippen LogP contribution >= 0.6 is 11.3 Å². The van der Waals surface area contributed by atoms with Gasteiger partial charge in [0.15, 0.2) is 16.6 Å². The maximum atomic E-state index is 13.8. The molecule has 0 saturated carbocycles. The number of hydrogen-bond acceptors (Lipinski definition) is 8. The zero-order chi connectivity index (χ0) is 30.2. The van der Waals surface area contributed by atoms with E-state index >= 15 is 0 Å². The summed E-state index contributed by atoms with van der Waals surface area (Å²) in [4.78, 5) is 33.6. The molecule has 2 atom stereocenters. The van der Waals surface area contributed by atoms with E-state index in [0.717, 1.165) is 46.4 Å². The number of aryl methyl sites for hydroxylation is 1. The molecule has 0 spiro atoms. The minimum absolute atomic E-state index is 0.00832. The van der Waals surface area contributed by atoms with Gasteiger partial charge in [-0.25, -0.2) is 4.98 Å². The number of ketones is 1. The molecular weight excluding hydrogens is 564 g/mol. The number of amides is 1. The second-order valence-corrected chi connectivity index (χ2v) is 12.1. The number of hydrogen-bond donors (Lipinski definition) is 1. The number of aliphatic hydroxyl groups is 1. The van der Waals surface area contributed by atoms with Crippen LogP contribution in [0, 0.1) is 6.92 Å². The molecule has 1 saturated heterocycles. The lowest BCUT2D eigenvalue weighted by molar-refractivity contribution is -0.132. The van der Waals surface area contributed by atoms with Gasteiger partial charge in [0, 0.05) is 12.0 Å². The number of ether oxygens (including phenoxy) is 3. The van der Waals surface area contributed by atoms with Gasteiger partial charge >= 0.3 is 5.91 Å². The predicted molar refractivity (Wildman–Crippen MR) is 167 cm³/mol. The van der Waals surface area contributed by atoms with Crippen LogP contribution in [0.5, 0.6) is 17.2 Å². The molecule has 0 unspecified atom stereocenters. The molecule has 2 aliphatic rings. The lowest BCUT2D eigenvalue weighted by Crippen LogP contribution is -2.29. The predicted octanol–water partition coefficient (Wildman–Crippen LogP) is 7.13. The van der Waals surface area contributed by atoms with Crippen molar-refractivity contribution in [2.45, 2.75) is 58.6 Å². The number of unbranched alkanes of at least 4 members (excludes halogenated alkanes) is 2. The quantitative estimate of drug-likeness (QED) is 0.0947. The van der Waals surface area contributed by atoms with Crippen LogP contribution in [0.15, 0.2) is 60.2 Å². The summed E-state index contributed by atoms with van der Waals surface area (Å²) in [5, 5.41) is 12.1. The van der Waals surface area contributed by atoms with Crippen LogP contribution in [0.25, 0.3) is 16.0 Å². The number of aromatic nitrogens is 1. The van der Waals surface area contributed by atoms with E-state index in [4.69, 9.17) is 19.2 Å². The van der Waals surface area contributed by atoms with Crippen LogP contribution in [-0.2, 0) is 16.0 Å². The fraction of sp³-hybridized carbons (Fsp3) is 0.324. The zero-order valence-electron chi connectivity index (χ0n) is 24.7. The van der Waals surface area contributed by atoms with Crippen LogP contribution < -0.4 is 19.1 Å². The van der Waals surface area contributed by atoms with Crippen molar-refractivity contribution in [3.05, 3.63) is 82.4 Å². The standard InChI is InChI=1S/C34H34N2O6S/c1-5-6-7-14-41-26-13-9-21(18-27(26)40-4)30-29(31(37)22-10-12-25-23(17-22)16-20(3)42-25)32(38)33(39)36(30)34-35-24-11-8-19(2)15-28(24)43-34/h8-13,15,17-18,20,30,37H,5-7,14,16H2,1-4H3/b31-29+/t20-,30-/m1/s1. The Labute approximate surface area is 254 Å². The summed E-state index contributed by atoms with van der Waals surface area (Å²) in [6.45, 7) is 6.66. The van der Waals surface area contributed by atoms with E-state index in [2.05, 4.69) is 6.92 Å². The summed E-state index contributed by atoms with van der Waals surface area (Å²) in [5.74, 6) is 0.0287.